The Kier molecular flexibility index (Phi) is 5.93. The van der Waals surface area contributed by atoms with Crippen molar-refractivity contribution in [1.29, 1.82) is 0 Å². The fourth-order valence-electron chi connectivity index (χ4n) is 2.94. The maximum Gasteiger partial charge on any atom is 0.273 e. The van der Waals surface area contributed by atoms with Gasteiger partial charge in [-0.15, -0.1) is 5.10 Å². The topological polar surface area (TPSA) is 78.3 Å². The second-order valence-corrected chi connectivity index (χ2v) is 6.45. The van der Waals surface area contributed by atoms with Crippen LogP contribution in [0.25, 0.3) is 5.69 Å². The van der Waals surface area contributed by atoms with Gasteiger partial charge >= 0.3 is 0 Å². The van der Waals surface area contributed by atoms with Gasteiger partial charge in [0.2, 0.25) is 0 Å². The lowest BCUT2D eigenvalue weighted by Gasteiger charge is -2.11. The number of benzene rings is 2. The fraction of sp³-hybridized carbons (Fsp3) is 0.286. The van der Waals surface area contributed by atoms with E-state index in [2.05, 4.69) is 15.6 Å². The highest BCUT2D eigenvalue weighted by Crippen LogP contribution is 2.24. The van der Waals surface area contributed by atoms with E-state index in [0.717, 1.165) is 28.3 Å². The summed E-state index contributed by atoms with van der Waals surface area (Å²) in [6.45, 7) is 4.30. The molecule has 1 amide bonds. The molecule has 2 aromatic carbocycles. The monoisotopic (exact) mass is 380 g/mol. The largest absolute Gasteiger partial charge is 0.497 e. The van der Waals surface area contributed by atoms with Gasteiger partial charge in [0, 0.05) is 6.54 Å². The molecule has 1 N–H and O–H groups in total. The smallest absolute Gasteiger partial charge is 0.273 e. The molecule has 0 radical (unpaired) electrons. The first kappa shape index (κ1) is 19.4. The van der Waals surface area contributed by atoms with Crippen molar-refractivity contribution in [3.8, 4) is 17.2 Å². The quantitative estimate of drug-likeness (QED) is 0.682. The first-order chi connectivity index (χ1) is 13.5. The van der Waals surface area contributed by atoms with Crippen LogP contribution in [0.15, 0.2) is 42.5 Å². The van der Waals surface area contributed by atoms with Gasteiger partial charge in [-0.05, 0) is 56.2 Å². The molecule has 1 heterocycles. The standard InChI is InChI=1S/C21H24N4O3/c1-14-5-7-17(8-6-14)25-15(2)20(23-24-25)21(26)22-12-11-16-13-18(27-3)9-10-19(16)28-4/h5-10,13H,11-12H2,1-4H3,(H,22,26). The van der Waals surface area contributed by atoms with Crippen LogP contribution >= 0.6 is 0 Å². The number of nitrogens with one attached hydrogen (secondary N) is 1. The van der Waals surface area contributed by atoms with Crippen LogP contribution in [0.5, 0.6) is 11.5 Å². The second kappa shape index (κ2) is 8.56. The van der Waals surface area contributed by atoms with E-state index < -0.39 is 0 Å². The highest BCUT2D eigenvalue weighted by Gasteiger charge is 2.17. The van der Waals surface area contributed by atoms with Crippen molar-refractivity contribution >= 4 is 5.91 Å². The number of rotatable bonds is 7. The SMILES string of the molecule is COc1ccc(OC)c(CCNC(=O)c2nnn(-c3ccc(C)cc3)c2C)c1. The Hall–Kier alpha value is -3.35. The fourth-order valence-corrected chi connectivity index (χ4v) is 2.94. The summed E-state index contributed by atoms with van der Waals surface area (Å²) in [5.41, 5.74) is 4.00. The number of hydrogen-bond acceptors (Lipinski definition) is 5. The van der Waals surface area contributed by atoms with Gasteiger partial charge in [-0.3, -0.25) is 4.79 Å². The van der Waals surface area contributed by atoms with Crippen LogP contribution in [0.3, 0.4) is 0 Å². The number of amides is 1. The van der Waals surface area contributed by atoms with Crippen molar-refractivity contribution in [2.45, 2.75) is 20.3 Å². The van der Waals surface area contributed by atoms with Crippen LogP contribution < -0.4 is 14.8 Å². The van der Waals surface area contributed by atoms with Crippen LogP contribution in [0.4, 0.5) is 0 Å². The third kappa shape index (κ3) is 4.14. The molecule has 0 saturated carbocycles. The van der Waals surface area contributed by atoms with E-state index in [1.54, 1.807) is 18.9 Å². The molecular weight excluding hydrogens is 356 g/mol. The van der Waals surface area contributed by atoms with Crippen molar-refractivity contribution in [2.24, 2.45) is 0 Å². The van der Waals surface area contributed by atoms with E-state index in [4.69, 9.17) is 9.47 Å². The summed E-state index contributed by atoms with van der Waals surface area (Å²) in [6, 6.07) is 13.5. The minimum Gasteiger partial charge on any atom is -0.497 e. The molecule has 7 nitrogen and oxygen atoms in total. The molecule has 1 aromatic heterocycles. The first-order valence-electron chi connectivity index (χ1n) is 9.02. The number of aryl methyl sites for hydroxylation is 1. The molecule has 0 atom stereocenters. The average Bonchev–Trinajstić information content (AvgIpc) is 3.09. The molecule has 3 aromatic rings. The molecule has 146 valence electrons. The zero-order valence-corrected chi connectivity index (χ0v) is 16.5. The van der Waals surface area contributed by atoms with Crippen LogP contribution in [0.1, 0.15) is 27.3 Å². The van der Waals surface area contributed by atoms with E-state index in [9.17, 15) is 4.79 Å². The number of carbonyl (C=O) groups excluding carboxylic acids is 1. The zero-order chi connectivity index (χ0) is 20.1. The maximum atomic E-state index is 12.5. The van der Waals surface area contributed by atoms with Gasteiger partial charge in [-0.1, -0.05) is 22.9 Å². The number of ether oxygens (including phenoxy) is 2. The van der Waals surface area contributed by atoms with Gasteiger partial charge in [0.15, 0.2) is 5.69 Å². The molecular formula is C21H24N4O3. The molecule has 28 heavy (non-hydrogen) atoms. The summed E-state index contributed by atoms with van der Waals surface area (Å²) < 4.78 is 12.3. The van der Waals surface area contributed by atoms with E-state index in [-0.39, 0.29) is 5.91 Å². The summed E-state index contributed by atoms with van der Waals surface area (Å²) >= 11 is 0. The molecule has 0 fully saturated rings. The third-order valence-electron chi connectivity index (χ3n) is 4.56. The third-order valence-corrected chi connectivity index (χ3v) is 4.56. The Morgan fingerprint density at radius 3 is 2.50 bits per heavy atom. The summed E-state index contributed by atoms with van der Waals surface area (Å²) in [4.78, 5) is 12.5. The van der Waals surface area contributed by atoms with E-state index in [1.807, 2.05) is 56.3 Å². The van der Waals surface area contributed by atoms with Crippen LogP contribution in [-0.4, -0.2) is 41.7 Å². The molecule has 0 aliphatic rings. The number of methoxy groups -OCH3 is 2. The van der Waals surface area contributed by atoms with Gasteiger partial charge in [0.25, 0.3) is 5.91 Å². The van der Waals surface area contributed by atoms with Crippen molar-refractivity contribution in [2.75, 3.05) is 20.8 Å². The van der Waals surface area contributed by atoms with Crippen molar-refractivity contribution < 1.29 is 14.3 Å². The Bertz CT molecular complexity index is 964. The number of hydrogen-bond donors (Lipinski definition) is 1. The van der Waals surface area contributed by atoms with Gasteiger partial charge in [0.1, 0.15) is 11.5 Å². The Labute approximate surface area is 164 Å². The second-order valence-electron chi connectivity index (χ2n) is 6.45. The molecule has 0 aliphatic carbocycles. The summed E-state index contributed by atoms with van der Waals surface area (Å²) in [5, 5.41) is 11.1. The summed E-state index contributed by atoms with van der Waals surface area (Å²) in [7, 11) is 3.24. The zero-order valence-electron chi connectivity index (χ0n) is 16.5. The molecule has 0 aliphatic heterocycles. The van der Waals surface area contributed by atoms with E-state index in [0.29, 0.717) is 24.4 Å². The van der Waals surface area contributed by atoms with Gasteiger partial charge in [0.05, 0.1) is 25.6 Å². The minimum absolute atomic E-state index is 0.252. The number of nitrogens with zero attached hydrogens (tertiary/aromatic N) is 3. The first-order valence-corrected chi connectivity index (χ1v) is 9.02. The predicted molar refractivity (Wildman–Crippen MR) is 106 cm³/mol. The molecule has 3 rings (SSSR count). The lowest BCUT2D eigenvalue weighted by atomic mass is 10.1. The Balaban J connectivity index is 1.67. The molecule has 0 unspecified atom stereocenters. The molecule has 0 bridgehead atoms. The Morgan fingerprint density at radius 1 is 1.07 bits per heavy atom. The predicted octanol–water partition coefficient (Wildman–Crippen LogP) is 2.87. The summed E-state index contributed by atoms with van der Waals surface area (Å²) in [5.74, 6) is 1.26. The highest BCUT2D eigenvalue weighted by atomic mass is 16.5. The minimum atomic E-state index is -0.252. The number of aromatic nitrogens is 3. The lowest BCUT2D eigenvalue weighted by molar-refractivity contribution is 0.0948. The van der Waals surface area contributed by atoms with Gasteiger partial charge < -0.3 is 14.8 Å². The summed E-state index contributed by atoms with van der Waals surface area (Å²) in [6.07, 6.45) is 0.608. The highest BCUT2D eigenvalue weighted by molar-refractivity contribution is 5.93. The van der Waals surface area contributed by atoms with E-state index >= 15 is 0 Å². The van der Waals surface area contributed by atoms with Crippen LogP contribution in [0.2, 0.25) is 0 Å². The van der Waals surface area contributed by atoms with Crippen LogP contribution in [0, 0.1) is 13.8 Å². The van der Waals surface area contributed by atoms with Crippen molar-refractivity contribution in [1.82, 2.24) is 20.3 Å². The number of carbonyl (C=O) groups is 1. The molecule has 0 spiro atoms. The van der Waals surface area contributed by atoms with Crippen molar-refractivity contribution in [3.05, 3.63) is 65.0 Å². The van der Waals surface area contributed by atoms with Crippen molar-refractivity contribution in [3.63, 3.8) is 0 Å². The maximum absolute atomic E-state index is 12.5. The van der Waals surface area contributed by atoms with E-state index in [1.165, 1.54) is 0 Å². The van der Waals surface area contributed by atoms with Crippen LogP contribution in [-0.2, 0) is 6.42 Å². The lowest BCUT2D eigenvalue weighted by Crippen LogP contribution is -2.27. The van der Waals surface area contributed by atoms with Gasteiger partial charge in [-0.2, -0.15) is 0 Å². The Morgan fingerprint density at radius 2 is 1.82 bits per heavy atom. The van der Waals surface area contributed by atoms with Gasteiger partial charge in [-0.25, -0.2) is 4.68 Å². The molecule has 0 saturated heterocycles. The normalized spacial score (nSPS) is 10.6. The average molecular weight is 380 g/mol. The molecule has 7 heteroatoms.